The van der Waals surface area contributed by atoms with Gasteiger partial charge in [0.1, 0.15) is 70.9 Å². The van der Waals surface area contributed by atoms with Gasteiger partial charge in [-0.2, -0.15) is 0 Å². The van der Waals surface area contributed by atoms with Crippen LogP contribution in [-0.2, 0) is 19.8 Å². The molecule has 10 aromatic carbocycles. The molecule has 0 aliphatic carbocycles. The first-order chi connectivity index (χ1) is 55.5. The van der Waals surface area contributed by atoms with Crippen LogP contribution in [0.5, 0.6) is 34.5 Å². The van der Waals surface area contributed by atoms with Crippen molar-refractivity contribution in [1.29, 1.82) is 0 Å². The van der Waals surface area contributed by atoms with Crippen molar-refractivity contribution in [3.8, 4) is 70.0 Å². The molecule has 0 heterocycles. The highest BCUT2D eigenvalue weighted by atomic mass is 16.5. The van der Waals surface area contributed by atoms with E-state index in [1.165, 1.54) is 0 Å². The van der Waals surface area contributed by atoms with Crippen LogP contribution >= 0.6 is 0 Å². The highest BCUT2D eigenvalue weighted by molar-refractivity contribution is 5.96. The van der Waals surface area contributed by atoms with Gasteiger partial charge in [-0.05, 0) is 214 Å². The lowest BCUT2D eigenvalue weighted by atomic mass is 9.88. The van der Waals surface area contributed by atoms with E-state index in [1.54, 1.807) is 94.1 Å². The molecule has 0 aromatic heterocycles. The summed E-state index contributed by atoms with van der Waals surface area (Å²) in [6.07, 6.45) is 1.31. The molecule has 114 heavy (non-hydrogen) atoms. The summed E-state index contributed by atoms with van der Waals surface area (Å²) in [5, 5.41) is 95.1. The van der Waals surface area contributed by atoms with Crippen LogP contribution in [0.4, 0.5) is 0 Å². The van der Waals surface area contributed by atoms with Crippen molar-refractivity contribution in [2.24, 2.45) is 0 Å². The zero-order valence-electron chi connectivity index (χ0n) is 63.6. The van der Waals surface area contributed by atoms with Crippen LogP contribution in [0.2, 0.25) is 0 Å². The maximum atomic E-state index is 13.0. The first kappa shape index (κ1) is 84.2. The van der Waals surface area contributed by atoms with Crippen LogP contribution in [0, 0.1) is 35.5 Å². The molecule has 0 saturated heterocycles. The third-order valence-electron chi connectivity index (χ3n) is 19.6. The van der Waals surface area contributed by atoms with Gasteiger partial charge in [-0.15, -0.1) is 0 Å². The number of benzene rings is 10. The summed E-state index contributed by atoms with van der Waals surface area (Å²) in [5.74, 6) is 21.6. The van der Waals surface area contributed by atoms with Gasteiger partial charge in [-0.3, -0.25) is 14.4 Å². The SMILES string of the molecule is COc1ccc(C(CC#Cc2ccc(C(=O)NC(CO)(CO)CO)cc2)c2ccc(OCc3cc(COc4ccc(C(CC#Cc5ccc(C(=O)NC(CO)(CO)CO)cc5)c5ccc(OC)cc5)cc4)cc(COc4ccc(C(CC#Cc5ccc(C(=O)NC(CO)(CO)CO)cc5)c5ccc(OC)cc5)cc4)c3)cc2)cc1. The van der Waals surface area contributed by atoms with E-state index in [2.05, 4.69) is 51.5 Å². The molecule has 0 fully saturated rings. The van der Waals surface area contributed by atoms with Crippen LogP contribution in [0.3, 0.4) is 0 Å². The van der Waals surface area contributed by atoms with Gasteiger partial charge in [0.05, 0.1) is 80.8 Å². The molecule has 0 aliphatic rings. The van der Waals surface area contributed by atoms with E-state index in [-0.39, 0.29) is 54.3 Å². The second-order valence-corrected chi connectivity index (χ2v) is 27.6. The van der Waals surface area contributed by atoms with E-state index in [1.807, 2.05) is 164 Å². The number of nitrogens with one attached hydrogen (secondary N) is 3. The Morgan fingerprint density at radius 3 is 0.667 bits per heavy atom. The van der Waals surface area contributed by atoms with E-state index in [4.69, 9.17) is 28.4 Å². The Balaban J connectivity index is 0.872. The first-order valence-corrected chi connectivity index (χ1v) is 36.9. The third-order valence-corrected chi connectivity index (χ3v) is 19.6. The van der Waals surface area contributed by atoms with E-state index in [0.717, 1.165) is 50.1 Å². The molecular weight excluding hydrogens is 1450 g/mol. The number of hydrogen-bond donors (Lipinski definition) is 12. The highest BCUT2D eigenvalue weighted by Crippen LogP contribution is 2.35. The normalized spacial score (nSPS) is 12.0. The van der Waals surface area contributed by atoms with Gasteiger partial charge < -0.3 is 90.3 Å². The summed E-state index contributed by atoms with van der Waals surface area (Å²) in [5.41, 5.74) is 6.71. The van der Waals surface area contributed by atoms with E-state index in [9.17, 15) is 60.3 Å². The summed E-state index contributed by atoms with van der Waals surface area (Å²) in [6.45, 7) is -5.22. The monoisotopic (exact) mass is 1540 g/mol. The van der Waals surface area contributed by atoms with Gasteiger partial charge in [0, 0.05) is 70.4 Å². The number of aliphatic hydroxyl groups excluding tert-OH is 9. The third kappa shape index (κ3) is 22.7. The molecule has 21 heteroatoms. The number of ether oxygens (including phenoxy) is 6. The molecule has 21 nitrogen and oxygen atoms in total. The van der Waals surface area contributed by atoms with Crippen molar-refractivity contribution in [3.63, 3.8) is 0 Å². The van der Waals surface area contributed by atoms with Crippen molar-refractivity contribution in [2.45, 2.75) is 73.5 Å². The molecule has 3 unspecified atom stereocenters. The second kappa shape index (κ2) is 41.3. The lowest BCUT2D eigenvalue weighted by Gasteiger charge is -2.28. The lowest BCUT2D eigenvalue weighted by molar-refractivity contribution is 0.0375. The van der Waals surface area contributed by atoms with Crippen molar-refractivity contribution in [2.75, 3.05) is 80.8 Å². The fourth-order valence-electron chi connectivity index (χ4n) is 12.4. The molecule has 3 atom stereocenters. The van der Waals surface area contributed by atoms with Gasteiger partial charge in [-0.25, -0.2) is 0 Å². The summed E-state index contributed by atoms with van der Waals surface area (Å²) in [4.78, 5) is 38.9. The Hall–Kier alpha value is -12.3. The first-order valence-electron chi connectivity index (χ1n) is 36.9. The largest absolute Gasteiger partial charge is 0.497 e. The maximum Gasteiger partial charge on any atom is 0.251 e. The predicted octanol–water partition coefficient (Wildman–Crippen LogP) is 9.51. The lowest BCUT2D eigenvalue weighted by Crippen LogP contribution is -2.57. The van der Waals surface area contributed by atoms with Crippen LogP contribution in [0.15, 0.2) is 237 Å². The summed E-state index contributed by atoms with van der Waals surface area (Å²) < 4.78 is 36.2. The molecule has 10 rings (SSSR count). The number of hydrogen-bond acceptors (Lipinski definition) is 18. The van der Waals surface area contributed by atoms with Gasteiger partial charge in [0.25, 0.3) is 17.7 Å². The minimum absolute atomic E-state index is 0.155. The molecule has 0 aliphatic heterocycles. The minimum atomic E-state index is -1.57. The Morgan fingerprint density at radius 1 is 0.289 bits per heavy atom. The van der Waals surface area contributed by atoms with Crippen molar-refractivity contribution in [1.82, 2.24) is 16.0 Å². The quantitative estimate of drug-likeness (QED) is 0.0163. The number of methoxy groups -OCH3 is 3. The Kier molecular flexibility index (Phi) is 30.5. The molecule has 0 radical (unpaired) electrons. The topological polar surface area (TPSA) is 325 Å². The number of amides is 3. The summed E-state index contributed by atoms with van der Waals surface area (Å²) in [7, 11) is 4.85. The van der Waals surface area contributed by atoms with Crippen LogP contribution in [0.25, 0.3) is 0 Å². The Bertz CT molecular complexity index is 4420. The zero-order valence-corrected chi connectivity index (χ0v) is 63.6. The van der Waals surface area contributed by atoms with Crippen molar-refractivity contribution in [3.05, 3.63) is 320 Å². The standard InChI is InChI=1S/C93H93N3O18/c1-109-79-37-25-70(26-38-79)85(10-4-7-64-13-19-76(20-14-64)88(106)94-91(55-97,56-98)57-99)73-31-43-82(44-32-73)112-52-67-49-68(53-113-83-45-33-74(34-46-83)86(71-27-39-80(110-2)40-28-71)11-5-8-65-15-21-77(22-16-65)89(107)95-92(58-100,59-101)60-102)51-69(50-67)54-114-84-47-35-75(36-48-84)87(72-29-41-81(111-3)42-30-72)12-6-9-66-17-23-78(24-18-66)90(108)96-93(61-103,62-104)63-105/h13-51,85-87,97-105H,10-12,52-63H2,1-3H3,(H,94,106)(H,95,107)(H,96,108). The fraction of sp³-hybridized carbons (Fsp3) is 0.258. The number of rotatable bonds is 36. The fourth-order valence-corrected chi connectivity index (χ4v) is 12.4. The highest BCUT2D eigenvalue weighted by Gasteiger charge is 2.33. The molecule has 12 N–H and O–H groups in total. The summed E-state index contributed by atoms with van der Waals surface area (Å²) >= 11 is 0. The van der Waals surface area contributed by atoms with Crippen molar-refractivity contribution >= 4 is 17.7 Å². The van der Waals surface area contributed by atoms with E-state index >= 15 is 0 Å². The van der Waals surface area contributed by atoms with Crippen LogP contribution in [0.1, 0.15) is 135 Å². The Labute approximate surface area is 663 Å². The van der Waals surface area contributed by atoms with Gasteiger partial charge in [0.2, 0.25) is 0 Å². The molecule has 588 valence electrons. The second-order valence-electron chi connectivity index (χ2n) is 27.6. The summed E-state index contributed by atoms with van der Waals surface area (Å²) in [6, 6.07) is 73.3. The Morgan fingerprint density at radius 2 is 0.482 bits per heavy atom. The smallest absolute Gasteiger partial charge is 0.251 e. The molecule has 0 spiro atoms. The predicted molar refractivity (Wildman–Crippen MR) is 431 cm³/mol. The van der Waals surface area contributed by atoms with Gasteiger partial charge in [-0.1, -0.05) is 108 Å². The minimum Gasteiger partial charge on any atom is -0.497 e. The maximum absolute atomic E-state index is 13.0. The van der Waals surface area contributed by atoms with Crippen LogP contribution < -0.4 is 44.4 Å². The number of aliphatic hydroxyl groups is 9. The number of carbonyl (C=O) groups excluding carboxylic acids is 3. The van der Waals surface area contributed by atoms with E-state index < -0.39 is 93.8 Å². The van der Waals surface area contributed by atoms with Gasteiger partial charge >= 0.3 is 0 Å². The molecule has 10 aromatic rings. The average Bonchev–Trinajstić information content (AvgIpc) is 1.49. The van der Waals surface area contributed by atoms with Gasteiger partial charge in [0.15, 0.2) is 0 Å². The number of carbonyl (C=O) groups is 3. The molecule has 3 amide bonds. The van der Waals surface area contributed by atoms with Crippen molar-refractivity contribution < 1.29 is 88.8 Å². The molecule has 0 saturated carbocycles. The average molecular weight is 1540 g/mol. The molecule has 0 bridgehead atoms. The van der Waals surface area contributed by atoms with E-state index in [0.29, 0.717) is 70.4 Å². The molecular formula is C93H93N3O18. The van der Waals surface area contributed by atoms with Crippen LogP contribution in [-0.4, -0.2) is 161 Å². The zero-order chi connectivity index (χ0) is 80.9.